The minimum absolute atomic E-state index is 0.0636. The van der Waals surface area contributed by atoms with Gasteiger partial charge < -0.3 is 14.5 Å². The summed E-state index contributed by atoms with van der Waals surface area (Å²) in [6.07, 6.45) is 4.84. The van der Waals surface area contributed by atoms with Crippen LogP contribution < -0.4 is 0 Å². The number of piperidine rings is 1. The van der Waals surface area contributed by atoms with Crippen LogP contribution >= 0.6 is 0 Å². The summed E-state index contributed by atoms with van der Waals surface area (Å²) < 4.78 is 5.89. The van der Waals surface area contributed by atoms with E-state index in [9.17, 15) is 9.59 Å². The Bertz CT molecular complexity index is 597. The fraction of sp³-hybridized carbons (Fsp3) is 0.619. The predicted molar refractivity (Wildman–Crippen MR) is 101 cm³/mol. The quantitative estimate of drug-likeness (QED) is 0.813. The van der Waals surface area contributed by atoms with Gasteiger partial charge in [0.15, 0.2) is 0 Å². The van der Waals surface area contributed by atoms with E-state index in [0.29, 0.717) is 32.8 Å². The van der Waals surface area contributed by atoms with Crippen LogP contribution in [-0.2, 0) is 20.7 Å². The number of nitrogens with zero attached hydrogens (tertiary/aromatic N) is 2. The maximum atomic E-state index is 12.8. The van der Waals surface area contributed by atoms with Crippen molar-refractivity contribution < 1.29 is 14.3 Å². The molecule has 1 aromatic carbocycles. The Morgan fingerprint density at radius 2 is 1.81 bits per heavy atom. The summed E-state index contributed by atoms with van der Waals surface area (Å²) >= 11 is 0. The second kappa shape index (κ2) is 9.17. The van der Waals surface area contributed by atoms with E-state index in [4.69, 9.17) is 4.74 Å². The van der Waals surface area contributed by atoms with Gasteiger partial charge in [0.05, 0.1) is 12.7 Å². The second-order valence-electron chi connectivity index (χ2n) is 7.44. The summed E-state index contributed by atoms with van der Waals surface area (Å²) in [7, 11) is 0. The van der Waals surface area contributed by atoms with Crippen LogP contribution in [0.15, 0.2) is 30.3 Å². The molecule has 2 aliphatic rings. The molecule has 0 unspecified atom stereocenters. The van der Waals surface area contributed by atoms with Crippen LogP contribution in [-0.4, -0.2) is 60.5 Å². The van der Waals surface area contributed by atoms with Crippen molar-refractivity contribution in [2.75, 3.05) is 32.8 Å². The van der Waals surface area contributed by atoms with Gasteiger partial charge in [0, 0.05) is 39.0 Å². The fourth-order valence-electron chi connectivity index (χ4n) is 3.97. The van der Waals surface area contributed by atoms with E-state index in [-0.39, 0.29) is 23.8 Å². The molecule has 0 bridgehead atoms. The molecule has 5 nitrogen and oxygen atoms in total. The predicted octanol–water partition coefficient (Wildman–Crippen LogP) is 2.50. The number of carbonyl (C=O) groups excluding carboxylic acids is 2. The lowest BCUT2D eigenvalue weighted by Gasteiger charge is -2.37. The van der Waals surface area contributed by atoms with Crippen molar-refractivity contribution >= 4 is 11.8 Å². The molecular weight excluding hydrogens is 328 g/mol. The molecule has 2 aliphatic heterocycles. The number of hydrogen-bond acceptors (Lipinski definition) is 3. The molecule has 0 aromatic heterocycles. The second-order valence-corrected chi connectivity index (χ2v) is 7.44. The van der Waals surface area contributed by atoms with Crippen LogP contribution in [0.1, 0.15) is 38.2 Å². The molecule has 0 saturated carbocycles. The highest BCUT2D eigenvalue weighted by Crippen LogP contribution is 2.22. The third-order valence-corrected chi connectivity index (χ3v) is 5.57. The number of morpholine rings is 1. The molecule has 0 radical (unpaired) electrons. The van der Waals surface area contributed by atoms with Crippen LogP contribution in [0.25, 0.3) is 0 Å². The lowest BCUT2D eigenvalue weighted by Crippen LogP contribution is -2.50. The SMILES string of the molecule is CC(=O)N1CCC(C(=O)N2CCO[C@H](CCCc3ccccc3)C2)CC1. The highest BCUT2D eigenvalue weighted by molar-refractivity contribution is 5.80. The van der Waals surface area contributed by atoms with Crippen molar-refractivity contribution in [2.24, 2.45) is 5.92 Å². The first-order valence-electron chi connectivity index (χ1n) is 9.83. The smallest absolute Gasteiger partial charge is 0.225 e. The Morgan fingerprint density at radius 1 is 1.08 bits per heavy atom. The Balaban J connectivity index is 1.43. The lowest BCUT2D eigenvalue weighted by atomic mass is 9.94. The van der Waals surface area contributed by atoms with E-state index in [1.165, 1.54) is 5.56 Å². The summed E-state index contributed by atoms with van der Waals surface area (Å²) in [5.41, 5.74) is 1.36. The molecule has 1 atom stereocenters. The Morgan fingerprint density at radius 3 is 2.50 bits per heavy atom. The van der Waals surface area contributed by atoms with Crippen molar-refractivity contribution in [3.05, 3.63) is 35.9 Å². The van der Waals surface area contributed by atoms with Gasteiger partial charge in [0.25, 0.3) is 0 Å². The molecule has 5 heteroatoms. The largest absolute Gasteiger partial charge is 0.375 e. The molecule has 2 amide bonds. The zero-order chi connectivity index (χ0) is 18.4. The monoisotopic (exact) mass is 358 g/mol. The number of likely N-dealkylation sites (tertiary alicyclic amines) is 1. The highest BCUT2D eigenvalue weighted by Gasteiger charge is 2.32. The zero-order valence-electron chi connectivity index (χ0n) is 15.7. The van der Waals surface area contributed by atoms with Crippen LogP contribution in [0.4, 0.5) is 0 Å². The number of aryl methyl sites for hydroxylation is 1. The molecule has 2 heterocycles. The Hall–Kier alpha value is -1.88. The first-order chi connectivity index (χ1) is 12.6. The maximum Gasteiger partial charge on any atom is 0.225 e. The van der Waals surface area contributed by atoms with E-state index in [2.05, 4.69) is 24.3 Å². The number of carbonyl (C=O) groups is 2. The van der Waals surface area contributed by atoms with Gasteiger partial charge in [0.1, 0.15) is 0 Å². The van der Waals surface area contributed by atoms with Gasteiger partial charge >= 0.3 is 0 Å². The molecule has 2 fully saturated rings. The molecule has 0 aliphatic carbocycles. The van der Waals surface area contributed by atoms with Gasteiger partial charge in [-0.1, -0.05) is 30.3 Å². The van der Waals surface area contributed by atoms with E-state index >= 15 is 0 Å². The normalized spacial score (nSPS) is 21.7. The van der Waals surface area contributed by atoms with E-state index in [0.717, 1.165) is 32.1 Å². The first-order valence-corrected chi connectivity index (χ1v) is 9.83. The van der Waals surface area contributed by atoms with Crippen molar-refractivity contribution in [1.82, 2.24) is 9.80 Å². The fourth-order valence-corrected chi connectivity index (χ4v) is 3.97. The lowest BCUT2D eigenvalue weighted by molar-refractivity contribution is -0.146. The minimum Gasteiger partial charge on any atom is -0.375 e. The average Bonchev–Trinajstić information content (AvgIpc) is 2.68. The first kappa shape index (κ1) is 18.9. The molecule has 3 rings (SSSR count). The van der Waals surface area contributed by atoms with E-state index < -0.39 is 0 Å². The average molecular weight is 358 g/mol. The van der Waals surface area contributed by atoms with Gasteiger partial charge in [-0.25, -0.2) is 0 Å². The van der Waals surface area contributed by atoms with Crippen molar-refractivity contribution in [2.45, 2.75) is 45.1 Å². The molecule has 0 spiro atoms. The van der Waals surface area contributed by atoms with Gasteiger partial charge in [0.2, 0.25) is 11.8 Å². The summed E-state index contributed by atoms with van der Waals surface area (Å²) in [6, 6.07) is 10.5. The molecule has 0 N–H and O–H groups in total. The molecular formula is C21H30N2O3. The summed E-state index contributed by atoms with van der Waals surface area (Å²) in [5.74, 6) is 0.430. The number of rotatable bonds is 5. The van der Waals surface area contributed by atoms with Crippen LogP contribution in [0.3, 0.4) is 0 Å². The summed E-state index contributed by atoms with van der Waals surface area (Å²) in [6.45, 7) is 5.05. The number of ether oxygens (including phenoxy) is 1. The number of benzene rings is 1. The van der Waals surface area contributed by atoms with Crippen LogP contribution in [0.5, 0.6) is 0 Å². The topological polar surface area (TPSA) is 49.9 Å². The molecule has 26 heavy (non-hydrogen) atoms. The third kappa shape index (κ3) is 5.07. The minimum atomic E-state index is 0.0636. The van der Waals surface area contributed by atoms with Gasteiger partial charge in [-0.3, -0.25) is 9.59 Å². The number of amides is 2. The van der Waals surface area contributed by atoms with Crippen molar-refractivity contribution in [3.8, 4) is 0 Å². The molecule has 2 saturated heterocycles. The third-order valence-electron chi connectivity index (χ3n) is 5.57. The van der Waals surface area contributed by atoms with Crippen molar-refractivity contribution in [1.29, 1.82) is 0 Å². The Kier molecular flexibility index (Phi) is 6.67. The van der Waals surface area contributed by atoms with E-state index in [1.54, 1.807) is 6.92 Å². The zero-order valence-corrected chi connectivity index (χ0v) is 15.7. The summed E-state index contributed by atoms with van der Waals surface area (Å²) in [4.78, 5) is 28.1. The maximum absolute atomic E-state index is 12.8. The number of hydrogen-bond donors (Lipinski definition) is 0. The Labute approximate surface area is 156 Å². The van der Waals surface area contributed by atoms with Crippen molar-refractivity contribution in [3.63, 3.8) is 0 Å². The molecule has 1 aromatic rings. The summed E-state index contributed by atoms with van der Waals surface area (Å²) in [5, 5.41) is 0. The standard InChI is InChI=1S/C21H30N2O3/c1-17(24)22-12-10-19(11-13-22)21(25)23-14-15-26-20(16-23)9-5-8-18-6-3-2-4-7-18/h2-4,6-7,19-20H,5,8-16H2,1H3/t20-/m1/s1. The van der Waals surface area contributed by atoms with Crippen LogP contribution in [0.2, 0.25) is 0 Å². The van der Waals surface area contributed by atoms with Crippen LogP contribution in [0, 0.1) is 5.92 Å². The van der Waals surface area contributed by atoms with Gasteiger partial charge in [-0.05, 0) is 37.7 Å². The van der Waals surface area contributed by atoms with E-state index in [1.807, 2.05) is 15.9 Å². The van der Waals surface area contributed by atoms with Gasteiger partial charge in [-0.15, -0.1) is 0 Å². The molecule has 142 valence electrons. The highest BCUT2D eigenvalue weighted by atomic mass is 16.5. The van der Waals surface area contributed by atoms with Gasteiger partial charge in [-0.2, -0.15) is 0 Å².